The first-order valence-electron chi connectivity index (χ1n) is 9.60. The summed E-state index contributed by atoms with van der Waals surface area (Å²) in [5, 5.41) is 0.971. The zero-order valence-electron chi connectivity index (χ0n) is 15.9. The van der Waals surface area contributed by atoms with Crippen molar-refractivity contribution >= 4 is 73.8 Å². The number of rotatable bonds is 1. The van der Waals surface area contributed by atoms with Gasteiger partial charge in [0, 0.05) is 15.8 Å². The van der Waals surface area contributed by atoms with Crippen molar-refractivity contribution in [3.63, 3.8) is 0 Å². The number of amides is 2. The topological polar surface area (TPSA) is 83.9 Å². The van der Waals surface area contributed by atoms with E-state index in [4.69, 9.17) is 16.1 Å². The van der Waals surface area contributed by atoms with Gasteiger partial charge in [-0.25, -0.2) is 9.97 Å². The fourth-order valence-corrected chi connectivity index (χ4v) is 5.44. The largest absolute Gasteiger partial charge is 0.352 e. The quantitative estimate of drug-likeness (QED) is 0.274. The first-order chi connectivity index (χ1) is 14.5. The molecule has 5 heterocycles. The minimum absolute atomic E-state index is 0.114. The molecule has 1 aromatic carbocycles. The molecule has 6 rings (SSSR count). The number of carbonyl (C=O) groups is 2. The number of aromatic nitrogens is 3. The number of carbonyl (C=O) groups excluding carboxylic acids is 2. The van der Waals surface area contributed by atoms with Gasteiger partial charge in [-0.05, 0) is 67.7 Å². The van der Waals surface area contributed by atoms with Crippen LogP contribution in [0, 0.1) is 3.57 Å². The average molecular weight is 536 g/mol. The Bertz CT molecular complexity index is 1400. The predicted molar refractivity (Wildman–Crippen MR) is 119 cm³/mol. The van der Waals surface area contributed by atoms with Crippen LogP contribution in [-0.4, -0.2) is 62.3 Å². The second-order valence-corrected chi connectivity index (χ2v) is 9.33. The third-order valence-electron chi connectivity index (χ3n) is 6.05. The van der Waals surface area contributed by atoms with Gasteiger partial charge in [-0.2, -0.15) is 4.57 Å². The highest BCUT2D eigenvalue weighted by Gasteiger charge is 2.43. The second-order valence-electron chi connectivity index (χ2n) is 7.79. The van der Waals surface area contributed by atoms with Crippen LogP contribution in [0.1, 0.15) is 33.6 Å². The van der Waals surface area contributed by atoms with E-state index < -0.39 is 0 Å². The first kappa shape index (κ1) is 18.5. The molecule has 30 heavy (non-hydrogen) atoms. The van der Waals surface area contributed by atoms with Crippen LogP contribution < -0.4 is 0 Å². The van der Waals surface area contributed by atoms with E-state index in [1.165, 1.54) is 9.47 Å². The molecule has 2 amide bonds. The van der Waals surface area contributed by atoms with Crippen LogP contribution in [0.4, 0.5) is 0 Å². The van der Waals surface area contributed by atoms with Crippen LogP contribution in [-0.2, 0) is 0 Å². The zero-order chi connectivity index (χ0) is 20.7. The van der Waals surface area contributed by atoms with Gasteiger partial charge in [0.2, 0.25) is 0 Å². The Morgan fingerprint density at radius 2 is 2.00 bits per heavy atom. The number of halogens is 2. The standard InChI is InChI=1S/C20H15ClIN5O3/c1-25-6-3-9(4-7-25)26-19(28)10-8-12-16(15(21)13(10)20(26)29)24-17-14-11(22)2-5-23-18(14)30-27(12)17/h2,5,8-9H,3-4,6-7H2,1H3. The van der Waals surface area contributed by atoms with Crippen molar-refractivity contribution in [1.82, 2.24) is 24.3 Å². The Labute approximate surface area is 188 Å². The molecule has 10 heteroatoms. The lowest BCUT2D eigenvalue weighted by Crippen LogP contribution is -2.46. The lowest BCUT2D eigenvalue weighted by molar-refractivity contribution is 0.0516. The van der Waals surface area contributed by atoms with Gasteiger partial charge in [0.25, 0.3) is 17.5 Å². The molecule has 8 nitrogen and oxygen atoms in total. The fraction of sp³-hybridized carbons (Fsp3) is 0.300. The molecule has 2 aliphatic rings. The predicted octanol–water partition coefficient (Wildman–Crippen LogP) is 3.58. The Morgan fingerprint density at radius 3 is 2.77 bits per heavy atom. The Morgan fingerprint density at radius 1 is 1.23 bits per heavy atom. The van der Waals surface area contributed by atoms with Crippen LogP contribution in [0.2, 0.25) is 5.02 Å². The highest BCUT2D eigenvalue weighted by molar-refractivity contribution is 14.1. The lowest BCUT2D eigenvalue weighted by Gasteiger charge is -2.33. The van der Waals surface area contributed by atoms with Gasteiger partial charge < -0.3 is 9.42 Å². The number of piperidine rings is 1. The number of nitrogens with zero attached hydrogens (tertiary/aromatic N) is 5. The van der Waals surface area contributed by atoms with Gasteiger partial charge in [0.05, 0.1) is 21.5 Å². The third-order valence-corrected chi connectivity index (χ3v) is 7.32. The van der Waals surface area contributed by atoms with Crippen LogP contribution in [0.25, 0.3) is 27.8 Å². The van der Waals surface area contributed by atoms with Crippen molar-refractivity contribution < 1.29 is 14.1 Å². The normalized spacial score (nSPS) is 18.4. The molecule has 0 saturated carbocycles. The van der Waals surface area contributed by atoms with Crippen LogP contribution in [0.5, 0.6) is 0 Å². The van der Waals surface area contributed by atoms with Crippen LogP contribution >= 0.6 is 34.2 Å². The molecule has 0 unspecified atom stereocenters. The van der Waals surface area contributed by atoms with Crippen LogP contribution in [0.3, 0.4) is 0 Å². The summed E-state index contributed by atoms with van der Waals surface area (Å²) in [5.74, 6) is -0.630. The van der Waals surface area contributed by atoms with Gasteiger partial charge in [-0.15, -0.1) is 0 Å². The Hall–Kier alpha value is -2.24. The molecule has 0 N–H and O–H groups in total. The maximum atomic E-state index is 13.2. The molecular weight excluding hydrogens is 521 g/mol. The summed E-state index contributed by atoms with van der Waals surface area (Å²) in [6, 6.07) is 3.42. The molecule has 0 spiro atoms. The van der Waals surface area contributed by atoms with Crippen molar-refractivity contribution in [3.05, 3.63) is 38.0 Å². The molecule has 0 aliphatic carbocycles. The molecule has 4 aromatic rings. The number of imidazole rings is 1. The molecule has 2 aliphatic heterocycles. The Kier molecular flexibility index (Phi) is 3.94. The van der Waals surface area contributed by atoms with Crippen molar-refractivity contribution in [1.29, 1.82) is 0 Å². The SMILES string of the molecule is CN1CCC(N2C(=O)c3cc4c(nc5c6c(I)ccnc6on45)c(Cl)c3C2=O)CC1. The molecule has 1 fully saturated rings. The van der Waals surface area contributed by atoms with Gasteiger partial charge >= 0.3 is 0 Å². The van der Waals surface area contributed by atoms with E-state index in [-0.39, 0.29) is 28.4 Å². The number of hydrogen-bond acceptors (Lipinski definition) is 6. The summed E-state index contributed by atoms with van der Waals surface area (Å²) in [7, 11) is 2.04. The van der Waals surface area contributed by atoms with Crippen molar-refractivity contribution in [3.8, 4) is 0 Å². The molecule has 0 bridgehead atoms. The second kappa shape index (κ2) is 6.38. The number of likely N-dealkylation sites (tertiary alicyclic amines) is 1. The lowest BCUT2D eigenvalue weighted by atomic mass is 10.0. The van der Waals surface area contributed by atoms with E-state index in [0.717, 1.165) is 34.9 Å². The third kappa shape index (κ3) is 2.36. The number of hydrogen-bond donors (Lipinski definition) is 0. The number of pyridine rings is 1. The summed E-state index contributed by atoms with van der Waals surface area (Å²) in [5.41, 5.74) is 2.57. The summed E-state index contributed by atoms with van der Waals surface area (Å²) in [6.45, 7) is 1.70. The van der Waals surface area contributed by atoms with Gasteiger partial charge in [-0.1, -0.05) is 11.6 Å². The summed E-state index contributed by atoms with van der Waals surface area (Å²) in [6.07, 6.45) is 3.19. The molecule has 1 saturated heterocycles. The van der Waals surface area contributed by atoms with Crippen LogP contribution in [0.15, 0.2) is 22.9 Å². The van der Waals surface area contributed by atoms with Gasteiger partial charge in [0.15, 0.2) is 5.65 Å². The molecule has 152 valence electrons. The molecular formula is C20H15ClIN5O3. The highest BCUT2D eigenvalue weighted by Crippen LogP contribution is 2.39. The highest BCUT2D eigenvalue weighted by atomic mass is 127. The van der Waals surface area contributed by atoms with Crippen molar-refractivity contribution in [2.24, 2.45) is 0 Å². The summed E-state index contributed by atoms with van der Waals surface area (Å²) in [4.78, 5) is 38.9. The number of imide groups is 1. The van der Waals surface area contributed by atoms with Crippen molar-refractivity contribution in [2.75, 3.05) is 20.1 Å². The maximum Gasteiger partial charge on any atom is 0.263 e. The van der Waals surface area contributed by atoms with Gasteiger partial charge in [-0.3, -0.25) is 14.5 Å². The minimum Gasteiger partial charge on any atom is -0.352 e. The number of fused-ring (bicyclic) bond motifs is 6. The maximum absolute atomic E-state index is 13.2. The smallest absolute Gasteiger partial charge is 0.263 e. The summed E-state index contributed by atoms with van der Waals surface area (Å²) >= 11 is 8.85. The average Bonchev–Trinajstić information content (AvgIpc) is 3.33. The monoisotopic (exact) mass is 535 g/mol. The summed E-state index contributed by atoms with van der Waals surface area (Å²) < 4.78 is 8.36. The van der Waals surface area contributed by atoms with E-state index in [1.807, 2.05) is 13.1 Å². The first-order valence-corrected chi connectivity index (χ1v) is 11.1. The minimum atomic E-state index is -0.331. The zero-order valence-corrected chi connectivity index (χ0v) is 18.8. The fourth-order valence-electron chi connectivity index (χ4n) is 4.49. The molecule has 3 aromatic heterocycles. The molecule has 0 radical (unpaired) electrons. The van der Waals surface area contributed by atoms with Crippen molar-refractivity contribution in [2.45, 2.75) is 18.9 Å². The van der Waals surface area contributed by atoms with Gasteiger partial charge in [0.1, 0.15) is 11.0 Å². The van der Waals surface area contributed by atoms with E-state index in [0.29, 0.717) is 28.0 Å². The van der Waals surface area contributed by atoms with E-state index in [9.17, 15) is 9.59 Å². The number of benzene rings is 1. The Balaban J connectivity index is 1.55. The molecule has 0 atom stereocenters. The van der Waals surface area contributed by atoms with E-state index in [1.54, 1.807) is 12.3 Å². The van der Waals surface area contributed by atoms with E-state index >= 15 is 0 Å². The van der Waals surface area contributed by atoms with E-state index in [2.05, 4.69) is 37.5 Å².